The van der Waals surface area contributed by atoms with Gasteiger partial charge < -0.3 is 9.80 Å². The van der Waals surface area contributed by atoms with Crippen molar-refractivity contribution in [2.75, 3.05) is 13.1 Å². The molecule has 112 valence electrons. The molecule has 20 heavy (non-hydrogen) atoms. The van der Waals surface area contributed by atoms with Crippen LogP contribution in [0.1, 0.15) is 47.0 Å². The van der Waals surface area contributed by atoms with Gasteiger partial charge in [0.15, 0.2) is 0 Å². The molecular formula is C16H26N2O2. The molecule has 2 amide bonds. The summed E-state index contributed by atoms with van der Waals surface area (Å²) in [7, 11) is 0. The zero-order valence-electron chi connectivity index (χ0n) is 13.1. The van der Waals surface area contributed by atoms with Crippen molar-refractivity contribution in [2.45, 2.75) is 59.0 Å². The van der Waals surface area contributed by atoms with Crippen LogP contribution in [0.4, 0.5) is 0 Å². The first-order valence-corrected chi connectivity index (χ1v) is 7.67. The number of rotatable bonds is 3. The number of hydrogen-bond acceptors (Lipinski definition) is 2. The lowest BCUT2D eigenvalue weighted by molar-refractivity contribution is -0.165. The van der Waals surface area contributed by atoms with Gasteiger partial charge in [0.05, 0.1) is 0 Å². The van der Waals surface area contributed by atoms with Crippen LogP contribution in [-0.4, -0.2) is 46.8 Å². The highest BCUT2D eigenvalue weighted by atomic mass is 16.2. The minimum absolute atomic E-state index is 0.139. The fourth-order valence-corrected chi connectivity index (χ4v) is 3.21. The maximum Gasteiger partial charge on any atom is 0.246 e. The topological polar surface area (TPSA) is 40.6 Å². The van der Waals surface area contributed by atoms with Crippen LogP contribution in [0.5, 0.6) is 0 Å². The van der Waals surface area contributed by atoms with Crippen LogP contribution in [0.2, 0.25) is 0 Å². The highest BCUT2D eigenvalue weighted by Gasteiger charge is 2.47. The minimum atomic E-state index is -0.299. The Morgan fingerprint density at radius 2 is 1.95 bits per heavy atom. The summed E-state index contributed by atoms with van der Waals surface area (Å²) in [5, 5.41) is 0. The van der Waals surface area contributed by atoms with Crippen molar-refractivity contribution >= 4 is 11.8 Å². The van der Waals surface area contributed by atoms with Crippen molar-refractivity contribution in [3.8, 4) is 0 Å². The zero-order chi connectivity index (χ0) is 14.9. The third-order valence-corrected chi connectivity index (χ3v) is 4.27. The number of hydrogen-bond donors (Lipinski definition) is 0. The molecular weight excluding hydrogens is 252 g/mol. The number of carbonyl (C=O) groups is 2. The smallest absolute Gasteiger partial charge is 0.246 e. The van der Waals surface area contributed by atoms with Gasteiger partial charge in [-0.15, -0.1) is 0 Å². The second kappa shape index (κ2) is 5.98. The van der Waals surface area contributed by atoms with E-state index in [2.05, 4.69) is 0 Å². The van der Waals surface area contributed by atoms with E-state index >= 15 is 0 Å². The molecule has 0 aromatic heterocycles. The van der Waals surface area contributed by atoms with Gasteiger partial charge in [0.25, 0.3) is 0 Å². The molecule has 0 spiro atoms. The van der Waals surface area contributed by atoms with Crippen LogP contribution in [0.25, 0.3) is 0 Å². The molecule has 2 aliphatic rings. The summed E-state index contributed by atoms with van der Waals surface area (Å²) in [6.07, 6.45) is 4.93. The molecule has 2 heterocycles. The fraction of sp³-hybridized carbons (Fsp3) is 0.750. The van der Waals surface area contributed by atoms with E-state index in [0.29, 0.717) is 6.54 Å². The molecule has 2 rings (SSSR count). The SMILES string of the molecule is CC(C)=CCN1C(=O)C2CCCCN2C(=O)C1C(C)C. The van der Waals surface area contributed by atoms with Gasteiger partial charge in [-0.1, -0.05) is 25.5 Å². The van der Waals surface area contributed by atoms with E-state index in [-0.39, 0.29) is 29.8 Å². The number of piperazine rings is 1. The molecule has 0 aromatic carbocycles. The first-order valence-electron chi connectivity index (χ1n) is 7.67. The predicted octanol–water partition coefficient (Wildman–Crippen LogP) is 2.20. The highest BCUT2D eigenvalue weighted by Crippen LogP contribution is 2.29. The van der Waals surface area contributed by atoms with Gasteiger partial charge >= 0.3 is 0 Å². The lowest BCUT2D eigenvalue weighted by Crippen LogP contribution is -2.67. The molecule has 2 fully saturated rings. The Morgan fingerprint density at radius 3 is 2.55 bits per heavy atom. The van der Waals surface area contributed by atoms with E-state index in [0.717, 1.165) is 25.8 Å². The summed E-state index contributed by atoms with van der Waals surface area (Å²) >= 11 is 0. The molecule has 2 unspecified atom stereocenters. The van der Waals surface area contributed by atoms with Crippen LogP contribution in [-0.2, 0) is 9.59 Å². The van der Waals surface area contributed by atoms with Crippen molar-refractivity contribution < 1.29 is 9.59 Å². The highest BCUT2D eigenvalue weighted by molar-refractivity contribution is 5.97. The zero-order valence-corrected chi connectivity index (χ0v) is 13.1. The lowest BCUT2D eigenvalue weighted by Gasteiger charge is -2.48. The molecule has 0 aliphatic carbocycles. The largest absolute Gasteiger partial charge is 0.329 e. The second-order valence-corrected chi connectivity index (χ2v) is 6.50. The third-order valence-electron chi connectivity index (χ3n) is 4.27. The number of carbonyl (C=O) groups excluding carboxylic acids is 2. The molecule has 4 heteroatoms. The first-order chi connectivity index (χ1) is 9.43. The summed E-state index contributed by atoms with van der Waals surface area (Å²) in [6, 6.07) is -0.510. The number of nitrogens with zero attached hydrogens (tertiary/aromatic N) is 2. The van der Waals surface area contributed by atoms with Crippen LogP contribution in [0.3, 0.4) is 0 Å². The van der Waals surface area contributed by atoms with E-state index in [1.807, 2.05) is 38.7 Å². The van der Waals surface area contributed by atoms with Gasteiger partial charge in [-0.2, -0.15) is 0 Å². The first kappa shape index (κ1) is 15.1. The number of piperidine rings is 1. The quantitative estimate of drug-likeness (QED) is 0.743. The normalized spacial score (nSPS) is 26.9. The molecule has 0 N–H and O–H groups in total. The average Bonchev–Trinajstić information content (AvgIpc) is 2.40. The monoisotopic (exact) mass is 278 g/mol. The van der Waals surface area contributed by atoms with Crippen LogP contribution >= 0.6 is 0 Å². The Morgan fingerprint density at radius 1 is 1.25 bits per heavy atom. The van der Waals surface area contributed by atoms with Crippen molar-refractivity contribution in [2.24, 2.45) is 5.92 Å². The van der Waals surface area contributed by atoms with Gasteiger partial charge in [-0.25, -0.2) is 0 Å². The minimum Gasteiger partial charge on any atom is -0.329 e. The molecule has 0 aromatic rings. The van der Waals surface area contributed by atoms with Crippen molar-refractivity contribution in [3.63, 3.8) is 0 Å². The number of allylic oxidation sites excluding steroid dienone is 1. The Kier molecular flexibility index (Phi) is 4.51. The van der Waals surface area contributed by atoms with Gasteiger partial charge in [-0.3, -0.25) is 9.59 Å². The predicted molar refractivity (Wildman–Crippen MR) is 79.1 cm³/mol. The summed E-state index contributed by atoms with van der Waals surface area (Å²) in [4.78, 5) is 29.1. The summed E-state index contributed by atoms with van der Waals surface area (Å²) in [6.45, 7) is 9.39. The van der Waals surface area contributed by atoms with E-state index in [9.17, 15) is 9.59 Å². The third kappa shape index (κ3) is 2.74. The second-order valence-electron chi connectivity index (χ2n) is 6.50. The Hall–Kier alpha value is -1.32. The molecule has 2 aliphatic heterocycles. The molecule has 4 nitrogen and oxygen atoms in total. The molecule has 2 saturated heterocycles. The van der Waals surface area contributed by atoms with Gasteiger partial charge in [0.2, 0.25) is 11.8 Å². The van der Waals surface area contributed by atoms with E-state index in [1.165, 1.54) is 5.57 Å². The van der Waals surface area contributed by atoms with E-state index in [4.69, 9.17) is 0 Å². The van der Waals surface area contributed by atoms with E-state index < -0.39 is 0 Å². The molecule has 0 saturated carbocycles. The lowest BCUT2D eigenvalue weighted by atomic mass is 9.90. The maximum absolute atomic E-state index is 12.7. The van der Waals surface area contributed by atoms with Gasteiger partial charge in [-0.05, 0) is 39.0 Å². The molecule has 0 radical (unpaired) electrons. The van der Waals surface area contributed by atoms with Crippen molar-refractivity contribution in [1.82, 2.24) is 9.80 Å². The van der Waals surface area contributed by atoms with Crippen LogP contribution < -0.4 is 0 Å². The van der Waals surface area contributed by atoms with Crippen molar-refractivity contribution in [3.05, 3.63) is 11.6 Å². The van der Waals surface area contributed by atoms with E-state index in [1.54, 1.807) is 4.90 Å². The van der Waals surface area contributed by atoms with Crippen LogP contribution in [0, 0.1) is 5.92 Å². The molecule has 2 atom stereocenters. The Bertz CT molecular complexity index is 424. The fourth-order valence-electron chi connectivity index (χ4n) is 3.21. The Balaban J connectivity index is 2.28. The standard InChI is InChI=1S/C16H26N2O2/c1-11(2)8-10-18-14(12(3)4)16(20)17-9-6-5-7-13(17)15(18)19/h8,12-14H,5-7,9-10H2,1-4H3. The summed E-state index contributed by atoms with van der Waals surface area (Å²) < 4.78 is 0. The number of fused-ring (bicyclic) bond motifs is 1. The summed E-state index contributed by atoms with van der Waals surface area (Å²) in [5.41, 5.74) is 1.18. The molecule has 0 bridgehead atoms. The maximum atomic E-state index is 12.7. The van der Waals surface area contributed by atoms with Gasteiger partial charge in [0.1, 0.15) is 12.1 Å². The number of amides is 2. The van der Waals surface area contributed by atoms with Gasteiger partial charge in [0, 0.05) is 13.1 Å². The van der Waals surface area contributed by atoms with Crippen LogP contribution in [0.15, 0.2) is 11.6 Å². The average molecular weight is 278 g/mol. The van der Waals surface area contributed by atoms with Crippen molar-refractivity contribution in [1.29, 1.82) is 0 Å². The Labute approximate surface area is 121 Å². The summed E-state index contributed by atoms with van der Waals surface area (Å²) in [5.74, 6) is 0.437.